The van der Waals surface area contributed by atoms with Crippen molar-refractivity contribution in [2.75, 3.05) is 13.1 Å². The number of aromatic hydroxyl groups is 1. The summed E-state index contributed by atoms with van der Waals surface area (Å²) in [6.07, 6.45) is 2.56. The molecule has 1 aromatic heterocycles. The minimum atomic E-state index is -0.818. The molecular formula is C33H45N5O6S. The molecule has 11 nitrogen and oxygen atoms in total. The first kappa shape index (κ1) is 34.0. The van der Waals surface area contributed by atoms with Crippen molar-refractivity contribution in [3.05, 3.63) is 52.2 Å². The van der Waals surface area contributed by atoms with Gasteiger partial charge >= 0.3 is 0 Å². The average molecular weight is 640 g/mol. The van der Waals surface area contributed by atoms with Crippen molar-refractivity contribution in [2.24, 2.45) is 11.8 Å². The molecule has 0 saturated carbocycles. The number of amides is 5. The second-order valence-corrected chi connectivity index (χ2v) is 13.4. The highest BCUT2D eigenvalue weighted by atomic mass is 32.1. The molecule has 2 aromatic rings. The number of phenolic OH excluding ortho intramolecular Hbond substituents is 1. The number of fused-ring (bicyclic) bond motifs is 1. The molecular weight excluding hydrogens is 594 g/mol. The van der Waals surface area contributed by atoms with Crippen LogP contribution in [-0.4, -0.2) is 76.8 Å². The highest BCUT2D eigenvalue weighted by Crippen LogP contribution is 2.23. The maximum absolute atomic E-state index is 13.6. The molecule has 0 unspecified atom stereocenters. The van der Waals surface area contributed by atoms with E-state index < -0.39 is 12.1 Å². The van der Waals surface area contributed by atoms with Gasteiger partial charge in [0.2, 0.25) is 23.6 Å². The maximum Gasteiger partial charge on any atom is 0.252 e. The first-order valence-electron chi connectivity index (χ1n) is 15.8. The molecule has 244 valence electrons. The number of rotatable bonds is 5. The van der Waals surface area contributed by atoms with Crippen LogP contribution in [0.5, 0.6) is 5.75 Å². The molecule has 2 aliphatic heterocycles. The summed E-state index contributed by atoms with van der Waals surface area (Å²) in [5.74, 6) is -1.05. The van der Waals surface area contributed by atoms with Gasteiger partial charge in [-0.1, -0.05) is 32.9 Å². The Balaban J connectivity index is 1.50. The molecule has 2 fully saturated rings. The first-order valence-corrected chi connectivity index (χ1v) is 16.7. The van der Waals surface area contributed by atoms with Gasteiger partial charge in [0.25, 0.3) is 5.91 Å². The number of phenols is 1. The molecule has 0 bridgehead atoms. The maximum atomic E-state index is 13.6. The van der Waals surface area contributed by atoms with Crippen LogP contribution in [0.3, 0.4) is 0 Å². The molecule has 2 saturated heterocycles. The molecule has 0 radical (unpaired) electrons. The lowest BCUT2D eigenvalue weighted by atomic mass is 9.92. The summed E-state index contributed by atoms with van der Waals surface area (Å²) in [4.78, 5) is 67.7. The minimum absolute atomic E-state index is 0.000624. The van der Waals surface area contributed by atoms with Crippen LogP contribution in [-0.2, 0) is 25.6 Å². The standard InChI is InChI=1S/C33H45N5O6S/c1-20(2)26-11-6-21(3)15-29(40)36-27(16-22-7-9-25(39)10-8-22)32(43)34-13-4-5-30(41)38-18-24(17-28(38)33(44)37-26)35-31(42)23-12-14-45-19-23/h7-10,12,14,19-21,24,26-28,39H,4-6,11,13,15-18H2,1-3H3,(H,34,43)(H,35,42)(H,36,40)(H,37,44)/t21-,24-,26+,27+,28+/m1/s1. The molecule has 0 spiro atoms. The molecule has 1 aromatic carbocycles. The number of hydrogen-bond donors (Lipinski definition) is 5. The lowest BCUT2D eigenvalue weighted by Crippen LogP contribution is -2.50. The minimum Gasteiger partial charge on any atom is -0.508 e. The zero-order valence-electron chi connectivity index (χ0n) is 26.2. The van der Waals surface area contributed by atoms with Crippen molar-refractivity contribution in [2.45, 2.75) is 89.9 Å². The van der Waals surface area contributed by atoms with Gasteiger partial charge in [0.05, 0.1) is 0 Å². The van der Waals surface area contributed by atoms with Crippen molar-refractivity contribution in [1.29, 1.82) is 0 Å². The van der Waals surface area contributed by atoms with Crippen LogP contribution >= 0.6 is 11.3 Å². The highest BCUT2D eigenvalue weighted by molar-refractivity contribution is 7.08. The Morgan fingerprint density at radius 1 is 1.07 bits per heavy atom. The van der Waals surface area contributed by atoms with E-state index in [1.165, 1.54) is 23.5 Å². The largest absolute Gasteiger partial charge is 0.508 e. The number of nitrogens with one attached hydrogen (secondary N) is 4. The van der Waals surface area contributed by atoms with Gasteiger partial charge in [-0.3, -0.25) is 24.0 Å². The van der Waals surface area contributed by atoms with E-state index in [4.69, 9.17) is 0 Å². The Kier molecular flexibility index (Phi) is 12.0. The van der Waals surface area contributed by atoms with Crippen LogP contribution in [0, 0.1) is 11.8 Å². The second-order valence-electron chi connectivity index (χ2n) is 12.6. The van der Waals surface area contributed by atoms with E-state index >= 15 is 0 Å². The van der Waals surface area contributed by atoms with Gasteiger partial charge in [-0.25, -0.2) is 0 Å². The normalized spacial score (nSPS) is 25.9. The molecule has 45 heavy (non-hydrogen) atoms. The molecule has 0 aliphatic carbocycles. The van der Waals surface area contributed by atoms with Crippen LogP contribution in [0.4, 0.5) is 0 Å². The fourth-order valence-corrected chi connectivity index (χ4v) is 6.55. The Morgan fingerprint density at radius 3 is 2.51 bits per heavy atom. The van der Waals surface area contributed by atoms with Gasteiger partial charge in [-0.05, 0) is 66.7 Å². The zero-order valence-corrected chi connectivity index (χ0v) is 27.0. The SMILES string of the molecule is CC(C)[C@@H]1CC[C@@H](C)CC(=O)N[C@@H](Cc2ccc(O)cc2)C(=O)NCCCC(=O)N2C[C@H](NC(=O)c3ccsc3)C[C@H]2C(=O)N1. The van der Waals surface area contributed by atoms with Gasteiger partial charge in [0.1, 0.15) is 17.8 Å². The van der Waals surface area contributed by atoms with Gasteiger partial charge in [-0.2, -0.15) is 11.3 Å². The number of thiophene rings is 1. The van der Waals surface area contributed by atoms with Crippen LogP contribution < -0.4 is 21.3 Å². The second kappa shape index (κ2) is 15.9. The number of nitrogens with zero attached hydrogens (tertiary/aromatic N) is 1. The predicted octanol–water partition coefficient (Wildman–Crippen LogP) is 2.74. The van der Waals surface area contributed by atoms with Gasteiger partial charge < -0.3 is 31.3 Å². The summed E-state index contributed by atoms with van der Waals surface area (Å²) in [6.45, 7) is 6.47. The highest BCUT2D eigenvalue weighted by Gasteiger charge is 2.40. The summed E-state index contributed by atoms with van der Waals surface area (Å²) in [5.41, 5.74) is 1.33. The third-order valence-electron chi connectivity index (χ3n) is 8.57. The van der Waals surface area contributed by atoms with E-state index in [2.05, 4.69) is 21.3 Å². The lowest BCUT2D eigenvalue weighted by Gasteiger charge is -2.29. The van der Waals surface area contributed by atoms with Crippen LogP contribution in [0.1, 0.15) is 75.2 Å². The van der Waals surface area contributed by atoms with E-state index in [0.717, 1.165) is 5.56 Å². The quantitative estimate of drug-likeness (QED) is 0.339. The van der Waals surface area contributed by atoms with Crippen LogP contribution in [0.2, 0.25) is 0 Å². The smallest absolute Gasteiger partial charge is 0.252 e. The van der Waals surface area contributed by atoms with Gasteiger partial charge in [0, 0.05) is 55.4 Å². The number of carbonyl (C=O) groups is 5. The number of benzene rings is 1. The molecule has 2 aliphatic rings. The third-order valence-corrected chi connectivity index (χ3v) is 9.26. The molecule has 3 heterocycles. The topological polar surface area (TPSA) is 157 Å². The molecule has 5 N–H and O–H groups in total. The molecule has 4 rings (SSSR count). The zero-order chi connectivity index (χ0) is 32.5. The summed E-state index contributed by atoms with van der Waals surface area (Å²) in [5, 5.41) is 25.1. The van der Waals surface area contributed by atoms with Crippen molar-refractivity contribution in [3.8, 4) is 5.75 Å². The summed E-state index contributed by atoms with van der Waals surface area (Å²) in [7, 11) is 0. The van der Waals surface area contributed by atoms with E-state index in [9.17, 15) is 29.1 Å². The fourth-order valence-electron chi connectivity index (χ4n) is 5.91. The molecule has 12 heteroatoms. The summed E-state index contributed by atoms with van der Waals surface area (Å²) >= 11 is 1.42. The summed E-state index contributed by atoms with van der Waals surface area (Å²) in [6, 6.07) is 6.16. The van der Waals surface area contributed by atoms with Crippen molar-refractivity contribution >= 4 is 40.9 Å². The van der Waals surface area contributed by atoms with Crippen molar-refractivity contribution in [1.82, 2.24) is 26.2 Å². The van der Waals surface area contributed by atoms with E-state index in [0.29, 0.717) is 31.2 Å². The number of carbonyl (C=O) groups excluding carboxylic acids is 5. The van der Waals surface area contributed by atoms with Gasteiger partial charge in [-0.15, -0.1) is 0 Å². The van der Waals surface area contributed by atoms with Gasteiger partial charge in [0.15, 0.2) is 0 Å². The molecule has 5 amide bonds. The molecule has 5 atom stereocenters. The average Bonchev–Trinajstić information content (AvgIpc) is 3.68. The van der Waals surface area contributed by atoms with Crippen molar-refractivity contribution < 1.29 is 29.1 Å². The van der Waals surface area contributed by atoms with Crippen molar-refractivity contribution in [3.63, 3.8) is 0 Å². The van der Waals surface area contributed by atoms with Crippen LogP contribution in [0.25, 0.3) is 0 Å². The van der Waals surface area contributed by atoms with E-state index in [1.807, 2.05) is 26.2 Å². The van der Waals surface area contributed by atoms with E-state index in [-0.39, 0.29) is 91.6 Å². The third kappa shape index (κ3) is 9.78. The monoisotopic (exact) mass is 639 g/mol. The van der Waals surface area contributed by atoms with Crippen LogP contribution in [0.15, 0.2) is 41.1 Å². The fraction of sp³-hybridized carbons (Fsp3) is 0.545. The summed E-state index contributed by atoms with van der Waals surface area (Å²) < 4.78 is 0. The first-order chi connectivity index (χ1) is 21.5. The Morgan fingerprint density at radius 2 is 1.82 bits per heavy atom. The Labute approximate surface area is 268 Å². The Hall–Kier alpha value is -3.93. The lowest BCUT2D eigenvalue weighted by molar-refractivity contribution is -0.139. The number of hydrogen-bond acceptors (Lipinski definition) is 7. The predicted molar refractivity (Wildman–Crippen MR) is 171 cm³/mol. The van der Waals surface area contributed by atoms with E-state index in [1.54, 1.807) is 28.5 Å². The Bertz CT molecular complexity index is 1330.